The van der Waals surface area contributed by atoms with Crippen LogP contribution in [0.15, 0.2) is 58.3 Å². The van der Waals surface area contributed by atoms with Crippen molar-refractivity contribution in [3.8, 4) is 17.3 Å². The van der Waals surface area contributed by atoms with E-state index in [-0.39, 0.29) is 11.2 Å². The number of aromatic nitrogens is 3. The lowest BCUT2D eigenvalue weighted by Gasteiger charge is -2.22. The number of nitrogens with zero attached hydrogens (tertiary/aromatic N) is 3. The standard InChI is InChI=1S/C22H26N4O2S/c1-16(21(27)23-15-17-9-4-2-5-10-17)29-22-25-24-20(19-13-8-14-28-19)26(22)18-11-6-3-7-12-18/h3,6-8,11-14,16-17H,2,4-5,9-10,15H2,1H3,(H,23,27)/t16-/m0/s1. The molecule has 0 aliphatic heterocycles. The maximum Gasteiger partial charge on any atom is 0.233 e. The van der Waals surface area contributed by atoms with E-state index in [2.05, 4.69) is 15.5 Å². The fourth-order valence-corrected chi connectivity index (χ4v) is 4.60. The summed E-state index contributed by atoms with van der Waals surface area (Å²) in [6, 6.07) is 13.6. The Bertz CT molecular complexity index is 918. The molecule has 29 heavy (non-hydrogen) atoms. The van der Waals surface area contributed by atoms with Gasteiger partial charge in [0.1, 0.15) is 0 Å². The Morgan fingerprint density at radius 2 is 1.97 bits per heavy atom. The van der Waals surface area contributed by atoms with Crippen LogP contribution >= 0.6 is 11.8 Å². The molecule has 2 heterocycles. The third-order valence-electron chi connectivity index (χ3n) is 5.33. The summed E-state index contributed by atoms with van der Waals surface area (Å²) in [5.41, 5.74) is 0.932. The Kier molecular flexibility index (Phi) is 6.34. The molecule has 1 fully saturated rings. The van der Waals surface area contributed by atoms with Crippen molar-refractivity contribution in [2.75, 3.05) is 6.54 Å². The van der Waals surface area contributed by atoms with E-state index < -0.39 is 0 Å². The van der Waals surface area contributed by atoms with E-state index >= 15 is 0 Å². The molecule has 7 heteroatoms. The van der Waals surface area contributed by atoms with Gasteiger partial charge >= 0.3 is 0 Å². The highest BCUT2D eigenvalue weighted by Gasteiger charge is 2.23. The highest BCUT2D eigenvalue weighted by molar-refractivity contribution is 8.00. The van der Waals surface area contributed by atoms with Crippen molar-refractivity contribution in [1.82, 2.24) is 20.1 Å². The summed E-state index contributed by atoms with van der Waals surface area (Å²) in [7, 11) is 0. The van der Waals surface area contributed by atoms with Gasteiger partial charge in [0.25, 0.3) is 0 Å². The quantitative estimate of drug-likeness (QED) is 0.571. The second-order valence-electron chi connectivity index (χ2n) is 7.46. The lowest BCUT2D eigenvalue weighted by Crippen LogP contribution is -2.35. The van der Waals surface area contributed by atoms with E-state index in [9.17, 15) is 4.79 Å². The van der Waals surface area contributed by atoms with Gasteiger partial charge in [-0.3, -0.25) is 9.36 Å². The summed E-state index contributed by atoms with van der Waals surface area (Å²) >= 11 is 1.41. The number of amides is 1. The third-order valence-corrected chi connectivity index (χ3v) is 6.37. The number of carbonyl (C=O) groups excluding carboxylic acids is 1. The van der Waals surface area contributed by atoms with Gasteiger partial charge in [-0.1, -0.05) is 49.2 Å². The lowest BCUT2D eigenvalue weighted by atomic mass is 9.89. The molecule has 1 amide bonds. The Morgan fingerprint density at radius 3 is 2.69 bits per heavy atom. The molecule has 2 aromatic heterocycles. The van der Waals surface area contributed by atoms with Gasteiger partial charge in [0.2, 0.25) is 11.7 Å². The molecule has 1 aliphatic rings. The number of thioether (sulfide) groups is 1. The molecule has 3 aromatic rings. The van der Waals surface area contributed by atoms with Crippen LogP contribution in [0.3, 0.4) is 0 Å². The molecule has 1 saturated carbocycles. The minimum Gasteiger partial charge on any atom is -0.461 e. The fraction of sp³-hybridized carbons (Fsp3) is 0.409. The first-order valence-corrected chi connectivity index (χ1v) is 11.1. The zero-order chi connectivity index (χ0) is 20.1. The Labute approximate surface area is 175 Å². The Balaban J connectivity index is 1.50. The first-order valence-electron chi connectivity index (χ1n) is 10.2. The van der Waals surface area contributed by atoms with Crippen LogP contribution in [-0.2, 0) is 4.79 Å². The van der Waals surface area contributed by atoms with Crippen LogP contribution < -0.4 is 5.32 Å². The third kappa shape index (κ3) is 4.72. The van der Waals surface area contributed by atoms with E-state index in [1.807, 2.05) is 54.0 Å². The second-order valence-corrected chi connectivity index (χ2v) is 8.77. The van der Waals surface area contributed by atoms with Crippen LogP contribution in [0.5, 0.6) is 0 Å². The maximum atomic E-state index is 12.7. The van der Waals surface area contributed by atoms with Gasteiger partial charge in [0, 0.05) is 12.2 Å². The topological polar surface area (TPSA) is 73.0 Å². The second kappa shape index (κ2) is 9.31. The highest BCUT2D eigenvalue weighted by atomic mass is 32.2. The molecular formula is C22H26N4O2S. The molecule has 0 radical (unpaired) electrons. The number of hydrogen-bond acceptors (Lipinski definition) is 5. The minimum absolute atomic E-state index is 0.0442. The molecular weight excluding hydrogens is 384 g/mol. The normalized spacial score (nSPS) is 15.9. The Morgan fingerprint density at radius 1 is 1.17 bits per heavy atom. The average molecular weight is 411 g/mol. The minimum atomic E-state index is -0.269. The van der Waals surface area contributed by atoms with Gasteiger partial charge in [-0.15, -0.1) is 10.2 Å². The number of rotatable bonds is 7. The summed E-state index contributed by atoms with van der Waals surface area (Å²) in [6.07, 6.45) is 7.94. The van der Waals surface area contributed by atoms with Crippen molar-refractivity contribution in [1.29, 1.82) is 0 Å². The molecule has 0 bridgehead atoms. The van der Waals surface area contributed by atoms with Crippen molar-refractivity contribution in [2.45, 2.75) is 49.4 Å². The zero-order valence-electron chi connectivity index (χ0n) is 16.6. The summed E-state index contributed by atoms with van der Waals surface area (Å²) < 4.78 is 7.48. The van der Waals surface area contributed by atoms with Gasteiger partial charge in [0.05, 0.1) is 11.5 Å². The van der Waals surface area contributed by atoms with Crippen LogP contribution in [0.4, 0.5) is 0 Å². The largest absolute Gasteiger partial charge is 0.461 e. The van der Waals surface area contributed by atoms with Crippen molar-refractivity contribution in [3.63, 3.8) is 0 Å². The van der Waals surface area contributed by atoms with Crippen LogP contribution in [0, 0.1) is 5.92 Å². The molecule has 1 aliphatic carbocycles. The summed E-state index contributed by atoms with van der Waals surface area (Å²) in [6.45, 7) is 2.68. The maximum absolute atomic E-state index is 12.7. The molecule has 0 saturated heterocycles. The number of furan rings is 1. The number of benzene rings is 1. The fourth-order valence-electron chi connectivity index (χ4n) is 3.71. The molecule has 1 aromatic carbocycles. The Hall–Kier alpha value is -2.54. The van der Waals surface area contributed by atoms with Gasteiger partial charge in [-0.05, 0) is 49.9 Å². The predicted molar refractivity (Wildman–Crippen MR) is 114 cm³/mol. The smallest absolute Gasteiger partial charge is 0.233 e. The number of nitrogens with one attached hydrogen (secondary N) is 1. The van der Waals surface area contributed by atoms with Crippen molar-refractivity contribution in [2.24, 2.45) is 5.92 Å². The first kappa shape index (κ1) is 19.8. The van der Waals surface area contributed by atoms with E-state index in [0.29, 0.717) is 22.7 Å². The van der Waals surface area contributed by atoms with E-state index in [0.717, 1.165) is 12.2 Å². The van der Waals surface area contributed by atoms with Crippen LogP contribution in [-0.4, -0.2) is 32.5 Å². The molecule has 1 N–H and O–H groups in total. The average Bonchev–Trinajstić information content (AvgIpc) is 3.43. The first-order chi connectivity index (χ1) is 14.2. The summed E-state index contributed by atoms with van der Waals surface area (Å²) in [5, 5.41) is 12.2. The molecule has 152 valence electrons. The van der Waals surface area contributed by atoms with Crippen LogP contribution in [0.2, 0.25) is 0 Å². The van der Waals surface area contributed by atoms with Crippen molar-refractivity contribution in [3.05, 3.63) is 48.7 Å². The van der Waals surface area contributed by atoms with Crippen molar-refractivity contribution < 1.29 is 9.21 Å². The number of para-hydroxylation sites is 1. The van der Waals surface area contributed by atoms with Crippen molar-refractivity contribution >= 4 is 17.7 Å². The van der Waals surface area contributed by atoms with Gasteiger partial charge in [-0.25, -0.2) is 0 Å². The summed E-state index contributed by atoms with van der Waals surface area (Å²) in [4.78, 5) is 12.7. The lowest BCUT2D eigenvalue weighted by molar-refractivity contribution is -0.120. The zero-order valence-corrected chi connectivity index (χ0v) is 17.4. The van der Waals surface area contributed by atoms with Gasteiger partial charge < -0.3 is 9.73 Å². The molecule has 6 nitrogen and oxygen atoms in total. The predicted octanol–water partition coefficient (Wildman–Crippen LogP) is 4.70. The number of carbonyl (C=O) groups is 1. The van der Waals surface area contributed by atoms with Crippen LogP contribution in [0.25, 0.3) is 17.3 Å². The SMILES string of the molecule is C[C@H](Sc1nnc(-c2ccco2)n1-c1ccccc1)C(=O)NCC1CCCCC1. The van der Waals surface area contributed by atoms with Gasteiger partial charge in [-0.2, -0.15) is 0 Å². The van der Waals surface area contributed by atoms with E-state index in [1.54, 1.807) is 6.26 Å². The molecule has 1 atom stereocenters. The molecule has 0 unspecified atom stereocenters. The van der Waals surface area contributed by atoms with E-state index in [1.165, 1.54) is 43.9 Å². The monoisotopic (exact) mass is 410 g/mol. The molecule has 0 spiro atoms. The van der Waals surface area contributed by atoms with E-state index in [4.69, 9.17) is 4.42 Å². The highest BCUT2D eigenvalue weighted by Crippen LogP contribution is 2.30. The van der Waals surface area contributed by atoms with Crippen LogP contribution in [0.1, 0.15) is 39.0 Å². The summed E-state index contributed by atoms with van der Waals surface area (Å²) in [5.74, 6) is 1.92. The van der Waals surface area contributed by atoms with Gasteiger partial charge in [0.15, 0.2) is 10.9 Å². The molecule has 4 rings (SSSR count). The number of hydrogen-bond donors (Lipinski definition) is 1.